The number of nitrogens with one attached hydrogen (secondary N) is 1. The quantitative estimate of drug-likeness (QED) is 0.419. The number of carbonyl (C=O) groups excluding carboxylic acids is 1. The van der Waals surface area contributed by atoms with E-state index < -0.39 is 0 Å². The Labute approximate surface area is 168 Å². The fraction of sp³-hybridized carbons (Fsp3) is 0.174. The molecule has 0 radical (unpaired) electrons. The van der Waals surface area contributed by atoms with Gasteiger partial charge in [-0.3, -0.25) is 4.79 Å². The van der Waals surface area contributed by atoms with Crippen molar-refractivity contribution in [3.05, 3.63) is 95.3 Å². The number of carbonyl (C=O) groups is 1. The molecule has 0 spiro atoms. The van der Waals surface area contributed by atoms with Crippen molar-refractivity contribution in [1.29, 1.82) is 0 Å². The van der Waals surface area contributed by atoms with Gasteiger partial charge >= 0.3 is 0 Å². The predicted molar refractivity (Wildman–Crippen MR) is 111 cm³/mol. The number of ether oxygens (including phenoxy) is 1. The van der Waals surface area contributed by atoms with Crippen LogP contribution in [-0.4, -0.2) is 19.1 Å². The highest BCUT2D eigenvalue weighted by Crippen LogP contribution is 2.23. The monoisotopic (exact) mass is 395 g/mol. The van der Waals surface area contributed by atoms with Crippen molar-refractivity contribution in [2.75, 3.05) is 13.2 Å². The van der Waals surface area contributed by atoms with Gasteiger partial charge in [-0.15, -0.1) is 11.8 Å². The molecule has 0 aromatic heterocycles. The molecular weight excluding hydrogens is 373 g/mol. The second kappa shape index (κ2) is 9.95. The maximum atomic E-state index is 12.8. The molecule has 0 bridgehead atoms. The molecule has 0 aliphatic rings. The van der Waals surface area contributed by atoms with Gasteiger partial charge in [-0.05, 0) is 61.0 Å². The van der Waals surface area contributed by atoms with Crippen LogP contribution in [0.3, 0.4) is 0 Å². The van der Waals surface area contributed by atoms with Crippen LogP contribution < -0.4 is 10.1 Å². The summed E-state index contributed by atoms with van der Waals surface area (Å²) in [6, 6.07) is 21.9. The average molecular weight is 395 g/mol. The maximum absolute atomic E-state index is 12.8. The number of aryl methyl sites for hydroxylation is 1. The van der Waals surface area contributed by atoms with Gasteiger partial charge in [0.15, 0.2) is 0 Å². The van der Waals surface area contributed by atoms with Crippen molar-refractivity contribution in [2.24, 2.45) is 0 Å². The van der Waals surface area contributed by atoms with Crippen LogP contribution in [0.2, 0.25) is 0 Å². The van der Waals surface area contributed by atoms with Crippen molar-refractivity contribution in [3.63, 3.8) is 0 Å². The van der Waals surface area contributed by atoms with E-state index in [2.05, 4.69) is 36.5 Å². The summed E-state index contributed by atoms with van der Waals surface area (Å²) in [6.07, 6.45) is 0. The second-order valence-electron chi connectivity index (χ2n) is 6.36. The van der Waals surface area contributed by atoms with Crippen LogP contribution in [0.1, 0.15) is 21.5 Å². The van der Waals surface area contributed by atoms with E-state index >= 15 is 0 Å². The number of hydrogen-bond acceptors (Lipinski definition) is 3. The minimum absolute atomic E-state index is 0.138. The van der Waals surface area contributed by atoms with E-state index in [-0.39, 0.29) is 11.7 Å². The van der Waals surface area contributed by atoms with Crippen LogP contribution in [0, 0.1) is 12.7 Å². The Hall–Kier alpha value is -2.79. The maximum Gasteiger partial charge on any atom is 0.251 e. The largest absolute Gasteiger partial charge is 0.492 e. The van der Waals surface area contributed by atoms with Gasteiger partial charge in [0.05, 0.1) is 6.54 Å². The van der Waals surface area contributed by atoms with Gasteiger partial charge in [0.25, 0.3) is 5.91 Å². The summed E-state index contributed by atoms with van der Waals surface area (Å²) in [7, 11) is 0. The summed E-state index contributed by atoms with van der Waals surface area (Å²) < 4.78 is 18.3. The Bertz CT molecular complexity index is 893. The van der Waals surface area contributed by atoms with Gasteiger partial charge in [0, 0.05) is 16.2 Å². The summed E-state index contributed by atoms with van der Waals surface area (Å²) >= 11 is 1.77. The lowest BCUT2D eigenvalue weighted by Gasteiger charge is -2.08. The first-order chi connectivity index (χ1) is 13.6. The SMILES string of the molecule is Cc1ccc(SCc2ccc(C(=O)NCCOc3ccc(F)cc3)cc2)cc1. The van der Waals surface area contributed by atoms with Gasteiger partial charge < -0.3 is 10.1 Å². The predicted octanol–water partition coefficient (Wildman–Crippen LogP) is 5.24. The van der Waals surface area contributed by atoms with Crippen LogP contribution in [0.4, 0.5) is 4.39 Å². The molecule has 0 fully saturated rings. The highest BCUT2D eigenvalue weighted by atomic mass is 32.2. The molecule has 0 saturated heterocycles. The van der Waals surface area contributed by atoms with Crippen LogP contribution >= 0.6 is 11.8 Å². The molecule has 144 valence electrons. The summed E-state index contributed by atoms with van der Waals surface area (Å²) in [6.45, 7) is 2.77. The third-order valence-electron chi connectivity index (χ3n) is 4.11. The molecule has 5 heteroatoms. The smallest absolute Gasteiger partial charge is 0.251 e. The lowest BCUT2D eigenvalue weighted by atomic mass is 10.1. The topological polar surface area (TPSA) is 38.3 Å². The van der Waals surface area contributed by atoms with E-state index in [0.717, 1.165) is 5.75 Å². The summed E-state index contributed by atoms with van der Waals surface area (Å²) in [5, 5.41) is 2.82. The van der Waals surface area contributed by atoms with Gasteiger partial charge in [-0.1, -0.05) is 29.8 Å². The zero-order valence-electron chi connectivity index (χ0n) is 15.7. The van der Waals surface area contributed by atoms with Crippen molar-refractivity contribution in [3.8, 4) is 5.75 Å². The molecule has 3 nitrogen and oxygen atoms in total. The van der Waals surface area contributed by atoms with Gasteiger partial charge in [0.1, 0.15) is 18.2 Å². The highest BCUT2D eigenvalue weighted by molar-refractivity contribution is 7.98. The highest BCUT2D eigenvalue weighted by Gasteiger charge is 2.05. The van der Waals surface area contributed by atoms with Gasteiger partial charge in [-0.2, -0.15) is 0 Å². The van der Waals surface area contributed by atoms with Gasteiger partial charge in [-0.25, -0.2) is 4.39 Å². The minimum Gasteiger partial charge on any atom is -0.492 e. The van der Waals surface area contributed by atoms with E-state index in [4.69, 9.17) is 4.74 Å². The Balaban J connectivity index is 1.41. The molecule has 0 aliphatic carbocycles. The van der Waals surface area contributed by atoms with E-state index in [9.17, 15) is 9.18 Å². The third kappa shape index (κ3) is 6.13. The van der Waals surface area contributed by atoms with E-state index in [1.54, 1.807) is 23.9 Å². The fourth-order valence-corrected chi connectivity index (χ4v) is 3.37. The van der Waals surface area contributed by atoms with Crippen molar-refractivity contribution in [1.82, 2.24) is 5.32 Å². The summed E-state index contributed by atoms with van der Waals surface area (Å²) in [4.78, 5) is 13.4. The lowest BCUT2D eigenvalue weighted by Crippen LogP contribution is -2.28. The van der Waals surface area contributed by atoms with E-state index in [1.807, 2.05) is 24.3 Å². The first kappa shape index (κ1) is 20.0. The molecule has 0 unspecified atom stereocenters. The van der Waals surface area contributed by atoms with E-state index in [1.165, 1.54) is 28.2 Å². The average Bonchev–Trinajstić information content (AvgIpc) is 2.72. The minimum atomic E-state index is -0.304. The Morgan fingerprint density at radius 2 is 1.64 bits per heavy atom. The molecule has 1 amide bonds. The van der Waals surface area contributed by atoms with Crippen LogP contribution in [0.5, 0.6) is 5.75 Å². The number of rotatable bonds is 8. The van der Waals surface area contributed by atoms with Gasteiger partial charge in [0.2, 0.25) is 0 Å². The standard InChI is InChI=1S/C23H22FNO2S/c1-17-2-12-22(13-3-17)28-16-18-4-6-19(7-5-18)23(26)25-14-15-27-21-10-8-20(24)9-11-21/h2-13H,14-16H2,1H3,(H,25,26). The number of hydrogen-bond donors (Lipinski definition) is 1. The van der Waals surface area contributed by atoms with E-state index in [0.29, 0.717) is 24.5 Å². The summed E-state index contributed by atoms with van der Waals surface area (Å²) in [5.74, 6) is 0.990. The number of benzene rings is 3. The molecule has 1 N–H and O–H groups in total. The summed E-state index contributed by atoms with van der Waals surface area (Å²) in [5.41, 5.74) is 3.04. The molecule has 0 saturated carbocycles. The Morgan fingerprint density at radius 1 is 0.964 bits per heavy atom. The molecule has 3 aromatic rings. The molecular formula is C23H22FNO2S. The van der Waals surface area contributed by atoms with Crippen LogP contribution in [-0.2, 0) is 5.75 Å². The van der Waals surface area contributed by atoms with Crippen molar-refractivity contribution >= 4 is 17.7 Å². The van der Waals surface area contributed by atoms with Crippen LogP contribution in [0.25, 0.3) is 0 Å². The lowest BCUT2D eigenvalue weighted by molar-refractivity contribution is 0.0947. The molecule has 0 aliphatic heterocycles. The first-order valence-corrected chi connectivity index (χ1v) is 10.0. The molecule has 3 rings (SSSR count). The fourth-order valence-electron chi connectivity index (χ4n) is 2.52. The molecule has 0 atom stereocenters. The Morgan fingerprint density at radius 3 is 2.32 bits per heavy atom. The normalized spacial score (nSPS) is 10.5. The zero-order chi connectivity index (χ0) is 19.8. The molecule has 3 aromatic carbocycles. The third-order valence-corrected chi connectivity index (χ3v) is 5.20. The van der Waals surface area contributed by atoms with Crippen molar-refractivity contribution in [2.45, 2.75) is 17.6 Å². The number of amides is 1. The van der Waals surface area contributed by atoms with Crippen molar-refractivity contribution < 1.29 is 13.9 Å². The van der Waals surface area contributed by atoms with Crippen LogP contribution in [0.15, 0.2) is 77.7 Å². The zero-order valence-corrected chi connectivity index (χ0v) is 16.5. The molecule has 0 heterocycles. The first-order valence-electron chi connectivity index (χ1n) is 9.05. The molecule has 28 heavy (non-hydrogen) atoms. The second-order valence-corrected chi connectivity index (χ2v) is 7.41. The Kier molecular flexibility index (Phi) is 7.09. The number of thioether (sulfide) groups is 1. The number of halogens is 1.